The first-order valence-electron chi connectivity index (χ1n) is 8.18. The van der Waals surface area contributed by atoms with Gasteiger partial charge in [-0.3, -0.25) is 0 Å². The molecule has 0 saturated heterocycles. The molecule has 0 aliphatic rings. The molecule has 0 heterocycles. The molecule has 1 N–H and O–H groups in total. The van der Waals surface area contributed by atoms with Crippen LogP contribution in [0.2, 0.25) is 8.87 Å². The minimum absolute atomic E-state index is 0.0958. The first kappa shape index (κ1) is 21.9. The average Bonchev–Trinajstić information content (AvgIpc) is 2.52. The molecule has 0 amide bonds. The molecule has 0 aliphatic heterocycles. The van der Waals surface area contributed by atoms with Gasteiger partial charge in [0.25, 0.3) is 0 Å². The number of carbonyl (C=O) groups excluding carboxylic acids is 1. The molecular formula is C15H32O3S2Sn. The Morgan fingerprint density at radius 3 is 2.10 bits per heavy atom. The Balaban J connectivity index is 4.44. The number of rotatable bonds is 14. The van der Waals surface area contributed by atoms with Gasteiger partial charge in [0.2, 0.25) is 0 Å². The van der Waals surface area contributed by atoms with Crippen molar-refractivity contribution in [3.8, 4) is 0 Å². The number of aliphatic hydroxyl groups excluding tert-OH is 1. The van der Waals surface area contributed by atoms with Crippen LogP contribution < -0.4 is 0 Å². The number of hydrogen-bond acceptors (Lipinski definition) is 5. The molecule has 0 fully saturated rings. The minimum atomic E-state index is -2.29. The standard InChI is InChI=1S/C5H10O2S.2C4H9.C2H6OS.Sn/c1-2-5(6)7-3-4-8;2*1-3-4-2;3-1-2-4;/h8H,2-4H2,1H3;2*1,3-4H2,2H3;3-4H,1-2H2;/q;;;;+2/p-2. The summed E-state index contributed by atoms with van der Waals surface area (Å²) in [6, 6.07) is 0. The van der Waals surface area contributed by atoms with Crippen LogP contribution in [0.15, 0.2) is 0 Å². The molecule has 0 spiro atoms. The van der Waals surface area contributed by atoms with E-state index in [0.717, 1.165) is 11.5 Å². The number of carbonyl (C=O) groups is 1. The van der Waals surface area contributed by atoms with Gasteiger partial charge < -0.3 is 0 Å². The molecule has 21 heavy (non-hydrogen) atoms. The van der Waals surface area contributed by atoms with Crippen molar-refractivity contribution < 1.29 is 14.6 Å². The summed E-state index contributed by atoms with van der Waals surface area (Å²) in [6.45, 7) is 7.17. The van der Waals surface area contributed by atoms with Crippen molar-refractivity contribution in [2.24, 2.45) is 0 Å². The summed E-state index contributed by atoms with van der Waals surface area (Å²) in [4.78, 5) is 11.2. The molecule has 126 valence electrons. The van der Waals surface area contributed by atoms with Crippen LogP contribution in [0.3, 0.4) is 0 Å². The quantitative estimate of drug-likeness (QED) is 0.244. The summed E-state index contributed by atoms with van der Waals surface area (Å²) in [5.41, 5.74) is 0. The fourth-order valence-corrected chi connectivity index (χ4v) is 32.0. The van der Waals surface area contributed by atoms with Crippen LogP contribution in [0.4, 0.5) is 0 Å². The van der Waals surface area contributed by atoms with E-state index in [1.807, 2.05) is 6.92 Å². The topological polar surface area (TPSA) is 46.5 Å². The summed E-state index contributed by atoms with van der Waals surface area (Å²) >= 11 is -2.29. The Hall–Kier alpha value is 0.929. The molecule has 0 aromatic heterocycles. The van der Waals surface area contributed by atoms with E-state index in [0.29, 0.717) is 13.0 Å². The third kappa shape index (κ3) is 11.2. The van der Waals surface area contributed by atoms with Crippen molar-refractivity contribution in [2.45, 2.75) is 61.7 Å². The summed E-state index contributed by atoms with van der Waals surface area (Å²) in [6.07, 6.45) is 5.57. The Bertz CT molecular complexity index is 244. The molecule has 0 aromatic rings. The van der Waals surface area contributed by atoms with Crippen LogP contribution in [0, 0.1) is 0 Å². The van der Waals surface area contributed by atoms with Gasteiger partial charge in [0.05, 0.1) is 0 Å². The van der Waals surface area contributed by atoms with Crippen molar-refractivity contribution in [1.82, 2.24) is 0 Å². The van der Waals surface area contributed by atoms with E-state index in [1.54, 1.807) is 0 Å². The van der Waals surface area contributed by atoms with E-state index >= 15 is 0 Å². The number of hydrogen-bond donors (Lipinski definition) is 1. The van der Waals surface area contributed by atoms with Crippen LogP contribution in [-0.2, 0) is 9.53 Å². The molecular weight excluding hydrogens is 411 g/mol. The van der Waals surface area contributed by atoms with Crippen molar-refractivity contribution in [2.75, 3.05) is 24.7 Å². The van der Waals surface area contributed by atoms with Crippen molar-refractivity contribution in [1.29, 1.82) is 0 Å². The summed E-state index contributed by atoms with van der Waals surface area (Å²) in [5.74, 6) is 1.72. The van der Waals surface area contributed by atoms with E-state index in [9.17, 15) is 9.90 Å². The fourth-order valence-electron chi connectivity index (χ4n) is 2.06. The Labute approximate surface area is 140 Å². The van der Waals surface area contributed by atoms with E-state index in [1.165, 1.54) is 34.6 Å². The molecule has 0 saturated carbocycles. The normalized spacial score (nSPS) is 11.6. The van der Waals surface area contributed by atoms with Gasteiger partial charge in [0.1, 0.15) is 0 Å². The SMILES string of the molecule is CCC[CH2][Sn]([CH2]CCC)([S]CCO)[S]CCOC(=O)CC. The molecule has 0 rings (SSSR count). The van der Waals surface area contributed by atoms with E-state index < -0.39 is 15.6 Å². The van der Waals surface area contributed by atoms with E-state index in [-0.39, 0.29) is 12.6 Å². The summed E-state index contributed by atoms with van der Waals surface area (Å²) < 4.78 is 7.97. The van der Waals surface area contributed by atoms with Crippen molar-refractivity contribution in [3.05, 3.63) is 0 Å². The maximum absolute atomic E-state index is 11.2. The molecule has 0 aromatic carbocycles. The molecule has 0 bridgehead atoms. The Morgan fingerprint density at radius 2 is 1.62 bits per heavy atom. The average molecular weight is 443 g/mol. The second-order valence-electron chi connectivity index (χ2n) is 5.11. The van der Waals surface area contributed by atoms with Gasteiger partial charge in [0, 0.05) is 0 Å². The van der Waals surface area contributed by atoms with Gasteiger partial charge in [-0.15, -0.1) is 0 Å². The number of ether oxygens (including phenoxy) is 1. The summed E-state index contributed by atoms with van der Waals surface area (Å²) in [5, 5.41) is 9.19. The Kier molecular flexibility index (Phi) is 15.2. The van der Waals surface area contributed by atoms with Gasteiger partial charge in [-0.05, 0) is 0 Å². The van der Waals surface area contributed by atoms with E-state index in [2.05, 4.69) is 31.7 Å². The van der Waals surface area contributed by atoms with Crippen LogP contribution >= 0.6 is 17.9 Å². The third-order valence-corrected chi connectivity index (χ3v) is 34.2. The van der Waals surface area contributed by atoms with Gasteiger partial charge in [-0.2, -0.15) is 0 Å². The molecule has 0 radical (unpaired) electrons. The number of esters is 1. The van der Waals surface area contributed by atoms with Crippen LogP contribution in [0.25, 0.3) is 0 Å². The third-order valence-electron chi connectivity index (χ3n) is 3.28. The van der Waals surface area contributed by atoms with Crippen molar-refractivity contribution >= 4 is 39.5 Å². The second kappa shape index (κ2) is 14.5. The molecule has 3 nitrogen and oxygen atoms in total. The van der Waals surface area contributed by atoms with Gasteiger partial charge >= 0.3 is 141 Å². The maximum atomic E-state index is 11.2. The number of unbranched alkanes of at least 4 members (excludes halogenated alkanes) is 2. The van der Waals surface area contributed by atoms with Crippen LogP contribution in [0.5, 0.6) is 0 Å². The fraction of sp³-hybridized carbons (Fsp3) is 0.933. The van der Waals surface area contributed by atoms with Crippen LogP contribution in [0.1, 0.15) is 52.9 Å². The zero-order valence-electron chi connectivity index (χ0n) is 13.9. The first-order chi connectivity index (χ1) is 10.1. The molecule has 0 unspecified atom stereocenters. The summed E-state index contributed by atoms with van der Waals surface area (Å²) in [7, 11) is 4.22. The monoisotopic (exact) mass is 444 g/mol. The zero-order chi connectivity index (χ0) is 16.0. The first-order valence-corrected chi connectivity index (χ1v) is 21.2. The molecule has 0 aliphatic carbocycles. The van der Waals surface area contributed by atoms with Gasteiger partial charge in [-0.25, -0.2) is 0 Å². The van der Waals surface area contributed by atoms with Gasteiger partial charge in [0.15, 0.2) is 0 Å². The predicted octanol–water partition coefficient (Wildman–Crippen LogP) is 4.44. The predicted molar refractivity (Wildman–Crippen MR) is 98.4 cm³/mol. The molecule has 6 heteroatoms. The number of aliphatic hydroxyl groups is 1. The zero-order valence-corrected chi connectivity index (χ0v) is 18.3. The van der Waals surface area contributed by atoms with E-state index in [4.69, 9.17) is 4.74 Å². The molecule has 0 atom stereocenters. The van der Waals surface area contributed by atoms with Gasteiger partial charge in [-0.1, -0.05) is 0 Å². The van der Waals surface area contributed by atoms with Crippen molar-refractivity contribution in [3.63, 3.8) is 0 Å². The van der Waals surface area contributed by atoms with Crippen LogP contribution in [-0.4, -0.2) is 51.4 Å². The Morgan fingerprint density at radius 1 is 1.05 bits per heavy atom. The second-order valence-corrected chi connectivity index (χ2v) is 31.7.